The SMILES string of the molecule is CC[N+](CC)(CC)CCNC(=O)c1ccc(C(=O)CBr)cc1. The number of rotatable bonds is 9. The van der Waals surface area contributed by atoms with Gasteiger partial charge in [-0.2, -0.15) is 0 Å². The highest BCUT2D eigenvalue weighted by Crippen LogP contribution is 2.07. The van der Waals surface area contributed by atoms with Crippen molar-refractivity contribution >= 4 is 27.6 Å². The Labute approximate surface area is 141 Å². The van der Waals surface area contributed by atoms with Crippen molar-refractivity contribution < 1.29 is 14.1 Å². The average Bonchev–Trinajstić information content (AvgIpc) is 2.58. The number of ketones is 1. The molecular formula is C17H26BrN2O2+. The summed E-state index contributed by atoms with van der Waals surface area (Å²) in [5.74, 6) is -0.0675. The van der Waals surface area contributed by atoms with Crippen LogP contribution in [0.2, 0.25) is 0 Å². The Morgan fingerprint density at radius 1 is 1.00 bits per heavy atom. The summed E-state index contributed by atoms with van der Waals surface area (Å²) in [6.07, 6.45) is 0. The third-order valence-corrected chi connectivity index (χ3v) is 4.98. The van der Waals surface area contributed by atoms with E-state index in [9.17, 15) is 9.59 Å². The highest BCUT2D eigenvalue weighted by atomic mass is 79.9. The Morgan fingerprint density at radius 2 is 1.50 bits per heavy atom. The molecule has 0 fully saturated rings. The number of hydrogen-bond acceptors (Lipinski definition) is 2. The molecule has 1 aromatic carbocycles. The average molecular weight is 370 g/mol. The van der Waals surface area contributed by atoms with Gasteiger partial charge in [-0.1, -0.05) is 28.1 Å². The van der Waals surface area contributed by atoms with Gasteiger partial charge in [0.2, 0.25) is 0 Å². The molecule has 0 saturated heterocycles. The van der Waals surface area contributed by atoms with E-state index in [0.717, 1.165) is 30.7 Å². The van der Waals surface area contributed by atoms with Crippen molar-refractivity contribution in [2.45, 2.75) is 20.8 Å². The summed E-state index contributed by atoms with van der Waals surface area (Å²) in [4.78, 5) is 23.7. The molecule has 5 heteroatoms. The first-order valence-electron chi connectivity index (χ1n) is 7.84. The molecular weight excluding hydrogens is 344 g/mol. The number of Topliss-reactive ketones (excluding diaryl/α,β-unsaturated/α-hetero) is 1. The van der Waals surface area contributed by atoms with E-state index < -0.39 is 0 Å². The van der Waals surface area contributed by atoms with E-state index >= 15 is 0 Å². The van der Waals surface area contributed by atoms with Crippen LogP contribution in [0.15, 0.2) is 24.3 Å². The number of alkyl halides is 1. The van der Waals surface area contributed by atoms with E-state index in [2.05, 4.69) is 42.0 Å². The topological polar surface area (TPSA) is 46.2 Å². The number of amides is 1. The van der Waals surface area contributed by atoms with Crippen LogP contribution in [0.5, 0.6) is 0 Å². The predicted octanol–water partition coefficient (Wildman–Crippen LogP) is 2.87. The lowest BCUT2D eigenvalue weighted by Crippen LogP contribution is -2.51. The third-order valence-electron chi connectivity index (χ3n) is 4.47. The summed E-state index contributed by atoms with van der Waals surface area (Å²) in [6, 6.07) is 6.80. The second-order valence-electron chi connectivity index (χ2n) is 5.40. The molecule has 0 aromatic heterocycles. The molecule has 22 heavy (non-hydrogen) atoms. The zero-order chi connectivity index (χ0) is 16.6. The molecule has 0 atom stereocenters. The van der Waals surface area contributed by atoms with E-state index in [1.54, 1.807) is 24.3 Å². The van der Waals surface area contributed by atoms with Crippen LogP contribution in [0.1, 0.15) is 41.5 Å². The van der Waals surface area contributed by atoms with Crippen molar-refractivity contribution in [3.8, 4) is 0 Å². The van der Waals surface area contributed by atoms with Crippen LogP contribution in [0, 0.1) is 0 Å². The third kappa shape index (κ3) is 4.92. The Hall–Kier alpha value is -1.20. The van der Waals surface area contributed by atoms with E-state index in [4.69, 9.17) is 0 Å². The van der Waals surface area contributed by atoms with Gasteiger partial charge < -0.3 is 9.80 Å². The number of nitrogens with zero attached hydrogens (tertiary/aromatic N) is 1. The van der Waals surface area contributed by atoms with E-state index in [0.29, 0.717) is 23.0 Å². The minimum Gasteiger partial charge on any atom is -0.346 e. The molecule has 0 unspecified atom stereocenters. The number of carbonyl (C=O) groups is 2. The van der Waals surface area contributed by atoms with Gasteiger partial charge in [-0.3, -0.25) is 9.59 Å². The van der Waals surface area contributed by atoms with Crippen molar-refractivity contribution in [2.75, 3.05) is 38.1 Å². The quantitative estimate of drug-likeness (QED) is 0.413. The van der Waals surface area contributed by atoms with Crippen LogP contribution < -0.4 is 5.32 Å². The molecule has 122 valence electrons. The summed E-state index contributed by atoms with van der Waals surface area (Å²) in [5.41, 5.74) is 1.21. The molecule has 1 amide bonds. The molecule has 0 radical (unpaired) electrons. The molecule has 0 spiro atoms. The van der Waals surface area contributed by atoms with Gasteiger partial charge >= 0.3 is 0 Å². The lowest BCUT2D eigenvalue weighted by molar-refractivity contribution is -0.922. The van der Waals surface area contributed by atoms with Crippen LogP contribution in [0.4, 0.5) is 0 Å². The number of nitrogens with one attached hydrogen (secondary N) is 1. The summed E-state index contributed by atoms with van der Waals surface area (Å²) in [5, 5.41) is 3.27. The fraction of sp³-hybridized carbons (Fsp3) is 0.529. The Bertz CT molecular complexity index is 488. The van der Waals surface area contributed by atoms with Gasteiger partial charge in [-0.05, 0) is 32.9 Å². The standard InChI is InChI=1S/C17H25BrN2O2/c1-4-20(5-2,6-3)12-11-19-17(22)15-9-7-14(8-10-15)16(21)13-18/h7-10H,4-6,11-13H2,1-3H3/p+1. The number of halogens is 1. The number of carbonyl (C=O) groups excluding carboxylic acids is 2. The molecule has 1 aromatic rings. The van der Waals surface area contributed by atoms with E-state index in [1.807, 2.05) is 0 Å². The second-order valence-corrected chi connectivity index (χ2v) is 5.96. The van der Waals surface area contributed by atoms with Crippen LogP contribution in [-0.4, -0.2) is 54.2 Å². The Morgan fingerprint density at radius 3 is 1.95 bits per heavy atom. The maximum atomic E-state index is 12.1. The van der Waals surface area contributed by atoms with Gasteiger partial charge in [0.1, 0.15) is 0 Å². The molecule has 0 aliphatic heterocycles. The van der Waals surface area contributed by atoms with Crippen LogP contribution in [-0.2, 0) is 0 Å². The first-order chi connectivity index (χ1) is 10.5. The molecule has 0 heterocycles. The second kappa shape index (κ2) is 9.06. The molecule has 0 aliphatic rings. The summed E-state index contributed by atoms with van der Waals surface area (Å²) >= 11 is 3.14. The lowest BCUT2D eigenvalue weighted by atomic mass is 10.1. The fourth-order valence-corrected chi connectivity index (χ4v) is 2.86. The van der Waals surface area contributed by atoms with Crippen LogP contribution in [0.3, 0.4) is 0 Å². The van der Waals surface area contributed by atoms with Gasteiger partial charge in [0.05, 0.1) is 38.1 Å². The van der Waals surface area contributed by atoms with Crippen molar-refractivity contribution in [1.82, 2.24) is 5.32 Å². The maximum Gasteiger partial charge on any atom is 0.251 e. The number of quaternary nitrogens is 1. The molecule has 1 N–H and O–H groups in total. The summed E-state index contributed by atoms with van der Waals surface area (Å²) < 4.78 is 1.01. The van der Waals surface area contributed by atoms with Crippen LogP contribution in [0.25, 0.3) is 0 Å². The minimum absolute atomic E-state index is 0.0166. The highest BCUT2D eigenvalue weighted by Gasteiger charge is 2.20. The lowest BCUT2D eigenvalue weighted by Gasteiger charge is -2.35. The number of benzene rings is 1. The van der Waals surface area contributed by atoms with Crippen molar-refractivity contribution in [3.63, 3.8) is 0 Å². The van der Waals surface area contributed by atoms with E-state index in [1.165, 1.54) is 0 Å². The Kier molecular flexibility index (Phi) is 7.76. The molecule has 0 aliphatic carbocycles. The first kappa shape index (κ1) is 18.8. The normalized spacial score (nSPS) is 11.3. The minimum atomic E-state index is -0.0840. The molecule has 1 rings (SSSR count). The number of likely N-dealkylation sites (N-methyl/N-ethyl adjacent to an activating group) is 1. The van der Waals surface area contributed by atoms with Gasteiger partial charge in [0, 0.05) is 11.1 Å². The van der Waals surface area contributed by atoms with Crippen molar-refractivity contribution in [3.05, 3.63) is 35.4 Å². The Balaban J connectivity index is 2.57. The van der Waals surface area contributed by atoms with Crippen molar-refractivity contribution in [2.24, 2.45) is 0 Å². The first-order valence-corrected chi connectivity index (χ1v) is 8.96. The smallest absolute Gasteiger partial charge is 0.251 e. The monoisotopic (exact) mass is 369 g/mol. The van der Waals surface area contributed by atoms with Gasteiger partial charge in [-0.25, -0.2) is 0 Å². The van der Waals surface area contributed by atoms with Crippen molar-refractivity contribution in [1.29, 1.82) is 0 Å². The predicted molar refractivity (Wildman–Crippen MR) is 93.7 cm³/mol. The maximum absolute atomic E-state index is 12.1. The zero-order valence-corrected chi connectivity index (χ0v) is 15.3. The summed E-state index contributed by atoms with van der Waals surface area (Å²) in [7, 11) is 0. The summed E-state index contributed by atoms with van der Waals surface area (Å²) in [6.45, 7) is 11.4. The van der Waals surface area contributed by atoms with Gasteiger partial charge in [0.15, 0.2) is 5.78 Å². The van der Waals surface area contributed by atoms with Crippen LogP contribution >= 0.6 is 15.9 Å². The number of hydrogen-bond donors (Lipinski definition) is 1. The highest BCUT2D eigenvalue weighted by molar-refractivity contribution is 9.09. The largest absolute Gasteiger partial charge is 0.346 e. The fourth-order valence-electron chi connectivity index (χ4n) is 2.54. The molecule has 4 nitrogen and oxygen atoms in total. The van der Waals surface area contributed by atoms with Gasteiger partial charge in [-0.15, -0.1) is 0 Å². The molecule has 0 bridgehead atoms. The van der Waals surface area contributed by atoms with Gasteiger partial charge in [0.25, 0.3) is 5.91 Å². The zero-order valence-electron chi connectivity index (χ0n) is 13.7. The molecule has 0 saturated carbocycles. The van der Waals surface area contributed by atoms with E-state index in [-0.39, 0.29) is 11.7 Å².